The van der Waals surface area contributed by atoms with Crippen LogP contribution in [0.25, 0.3) is 10.9 Å². The number of ether oxygens (including phenoxy) is 1. The second-order valence-corrected chi connectivity index (χ2v) is 3.19. The summed E-state index contributed by atoms with van der Waals surface area (Å²) in [5.41, 5.74) is 2.15. The fourth-order valence-corrected chi connectivity index (χ4v) is 1.65. The summed E-state index contributed by atoms with van der Waals surface area (Å²) in [5, 5.41) is 1.09. The Bertz CT molecular complexity index is 451. The van der Waals surface area contributed by atoms with Crippen LogP contribution in [0.5, 0.6) is 5.75 Å². The van der Waals surface area contributed by atoms with Crippen molar-refractivity contribution >= 4 is 10.9 Å². The molecule has 72 valence electrons. The lowest BCUT2D eigenvalue weighted by atomic mass is 10.1. The SMILES string of the molecule is CCc1cnc2ccccc2c1OC. The normalized spacial score (nSPS) is 10.4. The minimum Gasteiger partial charge on any atom is -0.496 e. The van der Waals surface area contributed by atoms with Crippen molar-refractivity contribution in [2.45, 2.75) is 13.3 Å². The first-order chi connectivity index (χ1) is 6.86. The van der Waals surface area contributed by atoms with E-state index in [9.17, 15) is 0 Å². The van der Waals surface area contributed by atoms with Crippen molar-refractivity contribution in [2.75, 3.05) is 7.11 Å². The molecule has 0 saturated heterocycles. The highest BCUT2D eigenvalue weighted by Crippen LogP contribution is 2.27. The molecule has 0 spiro atoms. The van der Waals surface area contributed by atoms with Crippen LogP contribution < -0.4 is 4.74 Å². The Hall–Kier alpha value is -1.57. The third kappa shape index (κ3) is 1.33. The van der Waals surface area contributed by atoms with Crippen molar-refractivity contribution in [3.05, 3.63) is 36.0 Å². The van der Waals surface area contributed by atoms with Gasteiger partial charge in [0.15, 0.2) is 0 Å². The van der Waals surface area contributed by atoms with Crippen molar-refractivity contribution in [3.63, 3.8) is 0 Å². The summed E-state index contributed by atoms with van der Waals surface area (Å²) in [4.78, 5) is 4.38. The molecule has 2 aromatic rings. The highest BCUT2D eigenvalue weighted by molar-refractivity contribution is 5.86. The van der Waals surface area contributed by atoms with Crippen LogP contribution in [0.2, 0.25) is 0 Å². The number of pyridine rings is 1. The molecule has 2 rings (SSSR count). The lowest BCUT2D eigenvalue weighted by Crippen LogP contribution is -1.93. The van der Waals surface area contributed by atoms with E-state index in [0.717, 1.165) is 28.6 Å². The van der Waals surface area contributed by atoms with Crippen molar-refractivity contribution in [1.29, 1.82) is 0 Å². The first-order valence-electron chi connectivity index (χ1n) is 4.77. The molecule has 0 fully saturated rings. The molecule has 0 amide bonds. The van der Waals surface area contributed by atoms with Crippen LogP contribution >= 0.6 is 0 Å². The molecule has 1 aromatic heterocycles. The van der Waals surface area contributed by atoms with E-state index in [1.54, 1.807) is 7.11 Å². The second-order valence-electron chi connectivity index (χ2n) is 3.19. The van der Waals surface area contributed by atoms with E-state index in [1.807, 2.05) is 30.5 Å². The van der Waals surface area contributed by atoms with Gasteiger partial charge >= 0.3 is 0 Å². The number of aromatic nitrogens is 1. The van der Waals surface area contributed by atoms with Crippen LogP contribution in [0.1, 0.15) is 12.5 Å². The number of aryl methyl sites for hydroxylation is 1. The van der Waals surface area contributed by atoms with Crippen molar-refractivity contribution in [3.8, 4) is 5.75 Å². The maximum absolute atomic E-state index is 5.41. The van der Waals surface area contributed by atoms with Gasteiger partial charge in [0.25, 0.3) is 0 Å². The fourth-order valence-electron chi connectivity index (χ4n) is 1.65. The minimum atomic E-state index is 0.945. The number of methoxy groups -OCH3 is 1. The molecule has 0 aliphatic rings. The smallest absolute Gasteiger partial charge is 0.132 e. The molecule has 0 unspecified atom stereocenters. The molecule has 0 atom stereocenters. The van der Waals surface area contributed by atoms with Crippen LogP contribution in [-0.4, -0.2) is 12.1 Å². The maximum Gasteiger partial charge on any atom is 0.132 e. The van der Waals surface area contributed by atoms with Crippen LogP contribution in [0.4, 0.5) is 0 Å². The molecule has 0 bridgehead atoms. The standard InChI is InChI=1S/C12H13NO/c1-3-9-8-13-11-7-5-4-6-10(11)12(9)14-2/h4-8H,3H2,1-2H3. The first kappa shape index (κ1) is 9.00. The fraction of sp³-hybridized carbons (Fsp3) is 0.250. The van der Waals surface area contributed by atoms with Crippen LogP contribution in [-0.2, 0) is 6.42 Å². The molecule has 0 N–H and O–H groups in total. The monoisotopic (exact) mass is 187 g/mol. The Balaban J connectivity index is 2.77. The number of fused-ring (bicyclic) bond motifs is 1. The molecular weight excluding hydrogens is 174 g/mol. The molecule has 0 aliphatic carbocycles. The second kappa shape index (κ2) is 3.66. The van der Waals surface area contributed by atoms with Gasteiger partial charge in [0.05, 0.1) is 12.6 Å². The Labute approximate surface area is 83.5 Å². The zero-order chi connectivity index (χ0) is 9.97. The number of nitrogens with zero attached hydrogens (tertiary/aromatic N) is 1. The van der Waals surface area contributed by atoms with Gasteiger partial charge in [-0.25, -0.2) is 0 Å². The Morgan fingerprint density at radius 3 is 2.79 bits per heavy atom. The van der Waals surface area contributed by atoms with Crippen molar-refractivity contribution in [1.82, 2.24) is 4.98 Å². The van der Waals surface area contributed by atoms with Crippen molar-refractivity contribution in [2.24, 2.45) is 0 Å². The molecule has 0 saturated carbocycles. The summed E-state index contributed by atoms with van der Waals surface area (Å²) < 4.78 is 5.41. The van der Waals surface area contributed by atoms with Gasteiger partial charge in [-0.3, -0.25) is 4.98 Å². The summed E-state index contributed by atoms with van der Waals surface area (Å²) in [5.74, 6) is 0.957. The molecular formula is C12H13NO. The summed E-state index contributed by atoms with van der Waals surface area (Å²) in [7, 11) is 1.71. The molecule has 1 aromatic carbocycles. The molecule has 14 heavy (non-hydrogen) atoms. The third-order valence-corrected chi connectivity index (χ3v) is 2.38. The highest BCUT2D eigenvalue weighted by Gasteiger charge is 2.06. The van der Waals surface area contributed by atoms with Gasteiger partial charge in [-0.1, -0.05) is 19.1 Å². The predicted octanol–water partition coefficient (Wildman–Crippen LogP) is 2.81. The molecule has 1 heterocycles. The molecule has 0 aliphatic heterocycles. The average Bonchev–Trinajstić information content (AvgIpc) is 2.27. The number of hydrogen-bond donors (Lipinski definition) is 0. The summed E-state index contributed by atoms with van der Waals surface area (Å²) in [6, 6.07) is 8.03. The highest BCUT2D eigenvalue weighted by atomic mass is 16.5. The van der Waals surface area contributed by atoms with E-state index in [0.29, 0.717) is 0 Å². The van der Waals surface area contributed by atoms with Crippen LogP contribution in [0.15, 0.2) is 30.5 Å². The lowest BCUT2D eigenvalue weighted by Gasteiger charge is -2.09. The van der Waals surface area contributed by atoms with Gasteiger partial charge in [0.1, 0.15) is 5.75 Å². The van der Waals surface area contributed by atoms with Gasteiger partial charge in [0.2, 0.25) is 0 Å². The van der Waals surface area contributed by atoms with E-state index in [-0.39, 0.29) is 0 Å². The van der Waals surface area contributed by atoms with E-state index in [2.05, 4.69) is 11.9 Å². The number of benzene rings is 1. The molecule has 2 nitrogen and oxygen atoms in total. The summed E-state index contributed by atoms with van der Waals surface area (Å²) in [6.07, 6.45) is 2.84. The van der Waals surface area contributed by atoms with Gasteiger partial charge in [-0.05, 0) is 18.6 Å². The van der Waals surface area contributed by atoms with Crippen LogP contribution in [0, 0.1) is 0 Å². The Morgan fingerprint density at radius 2 is 2.07 bits per heavy atom. The van der Waals surface area contributed by atoms with Gasteiger partial charge in [-0.15, -0.1) is 0 Å². The van der Waals surface area contributed by atoms with Gasteiger partial charge < -0.3 is 4.74 Å². The zero-order valence-corrected chi connectivity index (χ0v) is 8.45. The van der Waals surface area contributed by atoms with E-state index in [1.165, 1.54) is 0 Å². The van der Waals surface area contributed by atoms with Crippen LogP contribution in [0.3, 0.4) is 0 Å². The number of rotatable bonds is 2. The van der Waals surface area contributed by atoms with E-state index >= 15 is 0 Å². The zero-order valence-electron chi connectivity index (χ0n) is 8.45. The molecule has 0 radical (unpaired) electrons. The number of hydrogen-bond acceptors (Lipinski definition) is 2. The van der Waals surface area contributed by atoms with E-state index < -0.39 is 0 Å². The first-order valence-corrected chi connectivity index (χ1v) is 4.77. The summed E-state index contributed by atoms with van der Waals surface area (Å²) in [6.45, 7) is 2.11. The van der Waals surface area contributed by atoms with Gasteiger partial charge in [0, 0.05) is 17.1 Å². The van der Waals surface area contributed by atoms with Crippen molar-refractivity contribution < 1.29 is 4.74 Å². The quantitative estimate of drug-likeness (QED) is 0.721. The number of para-hydroxylation sites is 1. The largest absolute Gasteiger partial charge is 0.496 e. The molecule has 2 heteroatoms. The topological polar surface area (TPSA) is 22.1 Å². The third-order valence-electron chi connectivity index (χ3n) is 2.38. The Kier molecular flexibility index (Phi) is 2.35. The van der Waals surface area contributed by atoms with Gasteiger partial charge in [-0.2, -0.15) is 0 Å². The average molecular weight is 187 g/mol. The Morgan fingerprint density at radius 1 is 1.29 bits per heavy atom. The predicted molar refractivity (Wildman–Crippen MR) is 57.7 cm³/mol. The summed E-state index contributed by atoms with van der Waals surface area (Å²) >= 11 is 0. The lowest BCUT2D eigenvalue weighted by molar-refractivity contribution is 0.415. The van der Waals surface area contributed by atoms with E-state index in [4.69, 9.17) is 4.74 Å². The minimum absolute atomic E-state index is 0.945. The maximum atomic E-state index is 5.41.